The molecular formula is C22H27ClN2O3S. The number of hydrogen-bond donors (Lipinski definition) is 1. The number of nitrogens with two attached hydrogens (primary N) is 1. The molecule has 0 radical (unpaired) electrons. The first-order valence-corrected chi connectivity index (χ1v) is 11.9. The summed E-state index contributed by atoms with van der Waals surface area (Å²) in [6.07, 6.45) is 6.44. The molecule has 1 fully saturated rings. The molecule has 1 aliphatic rings. The van der Waals surface area contributed by atoms with Crippen molar-refractivity contribution < 1.29 is 13.2 Å². The van der Waals surface area contributed by atoms with Gasteiger partial charge in [-0.15, -0.1) is 0 Å². The Balaban J connectivity index is 1.71. The molecule has 1 amide bonds. The van der Waals surface area contributed by atoms with Crippen molar-refractivity contribution in [3.8, 4) is 0 Å². The van der Waals surface area contributed by atoms with Crippen molar-refractivity contribution in [2.24, 2.45) is 11.1 Å². The van der Waals surface area contributed by atoms with Gasteiger partial charge in [0.2, 0.25) is 15.9 Å². The minimum atomic E-state index is -3.73. The number of carbonyl (C=O) groups excluding carboxylic acids is 1. The molecule has 2 aromatic carbocycles. The molecule has 1 aliphatic carbocycles. The molecule has 0 heterocycles. The van der Waals surface area contributed by atoms with Crippen LogP contribution in [-0.4, -0.2) is 19.2 Å². The molecular weight excluding hydrogens is 408 g/mol. The van der Waals surface area contributed by atoms with E-state index >= 15 is 0 Å². The number of benzene rings is 2. The number of halogens is 1. The molecule has 0 atom stereocenters. The summed E-state index contributed by atoms with van der Waals surface area (Å²) in [5, 5.41) is 5.83. The molecule has 0 aromatic heterocycles. The Morgan fingerprint density at radius 3 is 2.00 bits per heavy atom. The van der Waals surface area contributed by atoms with E-state index < -0.39 is 10.0 Å². The average molecular weight is 435 g/mol. The number of rotatable bonds is 8. The van der Waals surface area contributed by atoms with Gasteiger partial charge < -0.3 is 4.90 Å². The van der Waals surface area contributed by atoms with Crippen LogP contribution >= 0.6 is 11.6 Å². The highest BCUT2D eigenvalue weighted by Gasteiger charge is 2.20. The molecule has 156 valence electrons. The summed E-state index contributed by atoms with van der Waals surface area (Å²) in [7, 11) is -3.73. The van der Waals surface area contributed by atoms with Crippen LogP contribution < -0.4 is 5.14 Å². The third kappa shape index (κ3) is 6.56. The van der Waals surface area contributed by atoms with Crippen LogP contribution in [0.15, 0.2) is 53.4 Å². The van der Waals surface area contributed by atoms with E-state index in [1.807, 2.05) is 29.2 Å². The van der Waals surface area contributed by atoms with Crippen molar-refractivity contribution in [2.75, 3.05) is 0 Å². The normalized spacial score (nSPS) is 14.8. The first kappa shape index (κ1) is 21.8. The van der Waals surface area contributed by atoms with Crippen LogP contribution in [-0.2, 0) is 27.9 Å². The van der Waals surface area contributed by atoms with Crippen LogP contribution in [0.3, 0.4) is 0 Å². The lowest BCUT2D eigenvalue weighted by Crippen LogP contribution is -2.30. The second-order valence-electron chi connectivity index (χ2n) is 7.75. The summed E-state index contributed by atoms with van der Waals surface area (Å²) in [6.45, 7) is 0.897. The Labute approximate surface area is 177 Å². The first-order chi connectivity index (χ1) is 13.8. The summed E-state index contributed by atoms with van der Waals surface area (Å²) < 4.78 is 22.9. The van der Waals surface area contributed by atoms with Crippen molar-refractivity contribution in [2.45, 2.75) is 56.5 Å². The van der Waals surface area contributed by atoms with Gasteiger partial charge in [0.25, 0.3) is 0 Å². The van der Waals surface area contributed by atoms with Gasteiger partial charge >= 0.3 is 0 Å². The van der Waals surface area contributed by atoms with E-state index in [1.165, 1.54) is 37.8 Å². The maximum absolute atomic E-state index is 13.0. The number of nitrogens with zero attached hydrogens (tertiary/aromatic N) is 1. The molecule has 3 rings (SSSR count). The molecule has 5 nitrogen and oxygen atoms in total. The maximum Gasteiger partial charge on any atom is 0.238 e. The van der Waals surface area contributed by atoms with Gasteiger partial charge in [-0.3, -0.25) is 4.79 Å². The Hall–Kier alpha value is -1.89. The van der Waals surface area contributed by atoms with Gasteiger partial charge in [-0.05, 0) is 47.7 Å². The molecule has 0 saturated heterocycles. The van der Waals surface area contributed by atoms with Crippen molar-refractivity contribution >= 4 is 27.5 Å². The van der Waals surface area contributed by atoms with E-state index in [0.717, 1.165) is 17.5 Å². The van der Waals surface area contributed by atoms with Gasteiger partial charge in [-0.1, -0.05) is 61.5 Å². The van der Waals surface area contributed by atoms with Crippen LogP contribution in [0.5, 0.6) is 0 Å². The third-order valence-electron chi connectivity index (χ3n) is 5.51. The van der Waals surface area contributed by atoms with Gasteiger partial charge in [0.05, 0.1) is 4.90 Å². The first-order valence-electron chi connectivity index (χ1n) is 9.95. The molecule has 2 aromatic rings. The summed E-state index contributed by atoms with van der Waals surface area (Å²) in [4.78, 5) is 14.9. The standard InChI is InChI=1S/C22H27ClN2O3S/c23-20-10-5-18(6-11-20)15-25(22(26)14-9-17-3-1-2-4-17)16-19-7-12-21(13-8-19)29(24,27)28/h5-8,10-13,17H,1-4,9,14-16H2,(H2,24,27,28). The molecule has 0 spiro atoms. The Morgan fingerprint density at radius 2 is 1.48 bits per heavy atom. The summed E-state index contributed by atoms with van der Waals surface area (Å²) >= 11 is 5.97. The number of hydrogen-bond acceptors (Lipinski definition) is 3. The maximum atomic E-state index is 13.0. The quantitative estimate of drug-likeness (QED) is 0.664. The minimum Gasteiger partial charge on any atom is -0.334 e. The Morgan fingerprint density at radius 1 is 0.966 bits per heavy atom. The van der Waals surface area contributed by atoms with Crippen molar-refractivity contribution in [1.82, 2.24) is 4.90 Å². The van der Waals surface area contributed by atoms with E-state index in [1.54, 1.807) is 12.1 Å². The van der Waals surface area contributed by atoms with Gasteiger partial charge in [-0.2, -0.15) is 0 Å². The van der Waals surface area contributed by atoms with Crippen LogP contribution in [0.4, 0.5) is 0 Å². The highest BCUT2D eigenvalue weighted by atomic mass is 35.5. The van der Waals surface area contributed by atoms with Gasteiger partial charge in [0, 0.05) is 24.5 Å². The van der Waals surface area contributed by atoms with E-state index in [0.29, 0.717) is 30.5 Å². The summed E-state index contributed by atoms with van der Waals surface area (Å²) in [6, 6.07) is 13.9. The fourth-order valence-corrected chi connectivity index (χ4v) is 4.47. The van der Waals surface area contributed by atoms with Gasteiger partial charge in [0.1, 0.15) is 0 Å². The largest absolute Gasteiger partial charge is 0.334 e. The predicted octanol–water partition coefficient (Wildman–Crippen LogP) is 4.49. The number of carbonyl (C=O) groups is 1. The monoisotopic (exact) mass is 434 g/mol. The third-order valence-corrected chi connectivity index (χ3v) is 6.69. The van der Waals surface area contributed by atoms with Crippen molar-refractivity contribution in [1.29, 1.82) is 0 Å². The van der Waals surface area contributed by atoms with Crippen molar-refractivity contribution in [3.05, 3.63) is 64.7 Å². The van der Waals surface area contributed by atoms with Gasteiger partial charge in [-0.25, -0.2) is 13.6 Å². The molecule has 0 aliphatic heterocycles. The van der Waals surface area contributed by atoms with Crippen LogP contribution in [0.1, 0.15) is 49.7 Å². The molecule has 0 bridgehead atoms. The lowest BCUT2D eigenvalue weighted by molar-refractivity contribution is -0.132. The Bertz CT molecular complexity index is 922. The van der Waals surface area contributed by atoms with Crippen LogP contribution in [0.25, 0.3) is 0 Å². The highest BCUT2D eigenvalue weighted by molar-refractivity contribution is 7.89. The molecule has 29 heavy (non-hydrogen) atoms. The van der Waals surface area contributed by atoms with E-state index in [2.05, 4.69) is 0 Å². The number of primary sulfonamides is 1. The smallest absolute Gasteiger partial charge is 0.238 e. The fraction of sp³-hybridized carbons (Fsp3) is 0.409. The second-order valence-corrected chi connectivity index (χ2v) is 9.75. The van der Waals surface area contributed by atoms with E-state index in [9.17, 15) is 13.2 Å². The van der Waals surface area contributed by atoms with E-state index in [-0.39, 0.29) is 10.8 Å². The number of sulfonamides is 1. The molecule has 7 heteroatoms. The topological polar surface area (TPSA) is 80.5 Å². The fourth-order valence-electron chi connectivity index (χ4n) is 3.83. The van der Waals surface area contributed by atoms with Crippen molar-refractivity contribution in [3.63, 3.8) is 0 Å². The average Bonchev–Trinajstić information content (AvgIpc) is 3.20. The zero-order chi connectivity index (χ0) is 20.9. The second kappa shape index (κ2) is 9.74. The Kier molecular flexibility index (Phi) is 7.33. The highest BCUT2D eigenvalue weighted by Crippen LogP contribution is 2.29. The van der Waals surface area contributed by atoms with Crippen LogP contribution in [0, 0.1) is 5.92 Å². The zero-order valence-electron chi connectivity index (χ0n) is 16.4. The molecule has 2 N–H and O–H groups in total. The summed E-state index contributed by atoms with van der Waals surface area (Å²) in [5.74, 6) is 0.771. The SMILES string of the molecule is NS(=O)(=O)c1ccc(CN(Cc2ccc(Cl)cc2)C(=O)CCC2CCCC2)cc1. The lowest BCUT2D eigenvalue weighted by Gasteiger charge is -2.24. The minimum absolute atomic E-state index is 0.0676. The number of amides is 1. The van der Waals surface area contributed by atoms with E-state index in [4.69, 9.17) is 16.7 Å². The molecule has 0 unspecified atom stereocenters. The molecule has 1 saturated carbocycles. The summed E-state index contributed by atoms with van der Waals surface area (Å²) in [5.41, 5.74) is 1.87. The predicted molar refractivity (Wildman–Crippen MR) is 115 cm³/mol. The lowest BCUT2D eigenvalue weighted by atomic mass is 10.0. The van der Waals surface area contributed by atoms with Gasteiger partial charge in [0.15, 0.2) is 0 Å². The zero-order valence-corrected chi connectivity index (χ0v) is 18.0. The van der Waals surface area contributed by atoms with Crippen LogP contribution in [0.2, 0.25) is 5.02 Å².